The Hall–Kier alpha value is -3.35. The Morgan fingerprint density at radius 2 is 1.58 bits per heavy atom. The molecule has 7 heteroatoms. The maximum atomic E-state index is 13.0. The summed E-state index contributed by atoms with van der Waals surface area (Å²) in [6.07, 6.45) is 0.984. The van der Waals surface area contributed by atoms with Gasteiger partial charge in [0.2, 0.25) is 5.91 Å². The average molecular weight is 451 g/mol. The van der Waals surface area contributed by atoms with Crippen molar-refractivity contribution < 1.29 is 24.2 Å². The van der Waals surface area contributed by atoms with Crippen LogP contribution in [0.15, 0.2) is 48.5 Å². The van der Waals surface area contributed by atoms with Crippen molar-refractivity contribution in [1.29, 1.82) is 0 Å². The topological polar surface area (TPSA) is 105 Å². The molecular formula is C26H30N2O5. The second-order valence-corrected chi connectivity index (χ2v) is 10.00. The maximum absolute atomic E-state index is 13.0. The van der Waals surface area contributed by atoms with E-state index < -0.39 is 35.0 Å². The van der Waals surface area contributed by atoms with Crippen molar-refractivity contribution in [3.05, 3.63) is 59.7 Å². The number of nitrogens with one attached hydrogen (secondary N) is 2. The number of hydrogen-bond donors (Lipinski definition) is 3. The largest absolute Gasteiger partial charge is 0.480 e. The van der Waals surface area contributed by atoms with Gasteiger partial charge in [0.15, 0.2) is 0 Å². The minimum Gasteiger partial charge on any atom is -0.480 e. The normalized spacial score (nSPS) is 17.2. The predicted octanol–water partition coefficient (Wildman–Crippen LogP) is 4.06. The quantitative estimate of drug-likeness (QED) is 0.616. The highest BCUT2D eigenvalue weighted by molar-refractivity contribution is 5.93. The van der Waals surface area contributed by atoms with Crippen LogP contribution in [-0.4, -0.2) is 41.3 Å². The molecule has 2 aromatic rings. The van der Waals surface area contributed by atoms with Gasteiger partial charge in [-0.3, -0.25) is 4.79 Å². The van der Waals surface area contributed by atoms with Crippen LogP contribution < -0.4 is 10.6 Å². The molecule has 0 spiro atoms. The van der Waals surface area contributed by atoms with E-state index in [4.69, 9.17) is 4.74 Å². The van der Waals surface area contributed by atoms with Gasteiger partial charge in [-0.25, -0.2) is 9.59 Å². The number of aliphatic carboxylic acids is 1. The molecule has 2 aliphatic carbocycles. The summed E-state index contributed by atoms with van der Waals surface area (Å²) in [5.41, 5.74) is 2.68. The van der Waals surface area contributed by atoms with Crippen LogP contribution in [0.2, 0.25) is 0 Å². The Balaban J connectivity index is 1.43. The smallest absolute Gasteiger partial charge is 0.408 e. The van der Waals surface area contributed by atoms with Gasteiger partial charge in [0.25, 0.3) is 0 Å². The van der Waals surface area contributed by atoms with E-state index >= 15 is 0 Å². The van der Waals surface area contributed by atoms with E-state index in [0.717, 1.165) is 28.7 Å². The average Bonchev–Trinajstić information content (AvgIpc) is 3.05. The number of rotatable bonds is 6. The fourth-order valence-electron chi connectivity index (χ4n) is 4.69. The number of ether oxygens (including phenoxy) is 1. The molecule has 0 aliphatic heterocycles. The third-order valence-electron chi connectivity index (χ3n) is 6.72. The molecule has 0 radical (unpaired) electrons. The lowest BCUT2D eigenvalue weighted by molar-refractivity contribution is -0.147. The number of carboxylic acids is 1. The molecule has 174 valence electrons. The molecule has 0 heterocycles. The van der Waals surface area contributed by atoms with Crippen molar-refractivity contribution in [2.75, 3.05) is 6.61 Å². The van der Waals surface area contributed by atoms with Crippen LogP contribution in [0.25, 0.3) is 11.1 Å². The van der Waals surface area contributed by atoms with Crippen molar-refractivity contribution in [3.63, 3.8) is 0 Å². The van der Waals surface area contributed by atoms with E-state index in [-0.39, 0.29) is 12.5 Å². The molecule has 33 heavy (non-hydrogen) atoms. The summed E-state index contributed by atoms with van der Waals surface area (Å²) in [7, 11) is 0. The molecule has 1 saturated carbocycles. The van der Waals surface area contributed by atoms with Crippen LogP contribution >= 0.6 is 0 Å². The van der Waals surface area contributed by atoms with Gasteiger partial charge in [-0.15, -0.1) is 0 Å². The van der Waals surface area contributed by atoms with E-state index in [9.17, 15) is 19.5 Å². The van der Waals surface area contributed by atoms with Gasteiger partial charge in [0, 0.05) is 5.92 Å². The van der Waals surface area contributed by atoms with Gasteiger partial charge in [-0.2, -0.15) is 0 Å². The van der Waals surface area contributed by atoms with Gasteiger partial charge in [-0.05, 0) is 46.9 Å². The minimum atomic E-state index is -1.14. The monoisotopic (exact) mass is 450 g/mol. The molecule has 0 aromatic heterocycles. The van der Waals surface area contributed by atoms with Crippen molar-refractivity contribution in [2.45, 2.75) is 57.5 Å². The number of amides is 2. The summed E-state index contributed by atoms with van der Waals surface area (Å²) < 4.78 is 5.59. The molecule has 0 saturated heterocycles. The summed E-state index contributed by atoms with van der Waals surface area (Å²) in [6.45, 7) is 5.40. The zero-order chi connectivity index (χ0) is 23.8. The van der Waals surface area contributed by atoms with E-state index in [1.807, 2.05) is 36.4 Å². The molecule has 1 atom stereocenters. The Bertz CT molecular complexity index is 1040. The summed E-state index contributed by atoms with van der Waals surface area (Å²) in [5, 5.41) is 14.9. The number of alkyl carbamates (subject to hydrolysis) is 1. The van der Waals surface area contributed by atoms with Crippen LogP contribution in [0.3, 0.4) is 0 Å². The highest BCUT2D eigenvalue weighted by atomic mass is 16.5. The van der Waals surface area contributed by atoms with Crippen LogP contribution in [0, 0.1) is 5.41 Å². The molecule has 4 rings (SSSR count). The SMILES string of the molecule is CC(C)(C)[C@H](NC(=O)C1(NC(=O)OCC2c3ccccc3-c3ccccc32)CCC1)C(=O)O. The van der Waals surface area contributed by atoms with E-state index in [1.165, 1.54) is 0 Å². The first-order chi connectivity index (χ1) is 15.6. The summed E-state index contributed by atoms with van der Waals surface area (Å²) in [4.78, 5) is 37.4. The van der Waals surface area contributed by atoms with Crippen molar-refractivity contribution in [2.24, 2.45) is 5.41 Å². The standard InChI is InChI=1S/C26H30N2O5/c1-25(2,3)21(22(29)30)27-23(31)26(13-8-14-26)28-24(32)33-15-20-18-11-6-4-9-16(18)17-10-5-7-12-19(17)20/h4-7,9-12,20-21H,8,13-15H2,1-3H3,(H,27,31)(H,28,32)(H,29,30)/t21-/m1/s1. The Morgan fingerprint density at radius 1 is 1.03 bits per heavy atom. The van der Waals surface area contributed by atoms with Crippen LogP contribution in [0.5, 0.6) is 0 Å². The van der Waals surface area contributed by atoms with Crippen LogP contribution in [0.4, 0.5) is 4.79 Å². The van der Waals surface area contributed by atoms with E-state index in [0.29, 0.717) is 12.8 Å². The highest BCUT2D eigenvalue weighted by Crippen LogP contribution is 2.44. The summed E-state index contributed by atoms with van der Waals surface area (Å²) >= 11 is 0. The Kier molecular flexibility index (Phi) is 5.91. The molecule has 0 unspecified atom stereocenters. The maximum Gasteiger partial charge on any atom is 0.408 e. The van der Waals surface area contributed by atoms with Crippen LogP contribution in [-0.2, 0) is 14.3 Å². The molecule has 2 aliphatic rings. The van der Waals surface area contributed by atoms with Gasteiger partial charge in [-0.1, -0.05) is 69.3 Å². The van der Waals surface area contributed by atoms with Crippen molar-refractivity contribution in [3.8, 4) is 11.1 Å². The number of carbonyl (C=O) groups is 3. The summed E-state index contributed by atoms with van der Waals surface area (Å²) in [5.74, 6) is -1.66. The van der Waals surface area contributed by atoms with Gasteiger partial charge in [0.1, 0.15) is 18.2 Å². The predicted molar refractivity (Wildman–Crippen MR) is 124 cm³/mol. The second-order valence-electron chi connectivity index (χ2n) is 10.00. The highest BCUT2D eigenvalue weighted by Gasteiger charge is 2.48. The number of fused-ring (bicyclic) bond motifs is 3. The molecular weight excluding hydrogens is 420 g/mol. The molecule has 0 bridgehead atoms. The second kappa shape index (κ2) is 8.54. The van der Waals surface area contributed by atoms with Gasteiger partial charge in [0.05, 0.1) is 0 Å². The minimum absolute atomic E-state index is 0.0772. The third kappa shape index (κ3) is 4.32. The Labute approximate surface area is 193 Å². The van der Waals surface area contributed by atoms with E-state index in [2.05, 4.69) is 22.8 Å². The fourth-order valence-corrected chi connectivity index (χ4v) is 4.69. The Morgan fingerprint density at radius 3 is 2.03 bits per heavy atom. The molecule has 7 nitrogen and oxygen atoms in total. The van der Waals surface area contributed by atoms with Gasteiger partial charge >= 0.3 is 12.1 Å². The molecule has 2 aromatic carbocycles. The third-order valence-corrected chi connectivity index (χ3v) is 6.72. The lowest BCUT2D eigenvalue weighted by atomic mass is 9.75. The van der Waals surface area contributed by atoms with E-state index in [1.54, 1.807) is 20.8 Å². The van der Waals surface area contributed by atoms with Crippen molar-refractivity contribution in [1.82, 2.24) is 10.6 Å². The zero-order valence-corrected chi connectivity index (χ0v) is 19.2. The first-order valence-corrected chi connectivity index (χ1v) is 11.3. The van der Waals surface area contributed by atoms with Crippen molar-refractivity contribution >= 4 is 18.0 Å². The number of hydrogen-bond acceptors (Lipinski definition) is 4. The molecule has 3 N–H and O–H groups in total. The molecule has 1 fully saturated rings. The summed E-state index contributed by atoms with van der Waals surface area (Å²) in [6, 6.07) is 15.1. The van der Waals surface area contributed by atoms with Gasteiger partial charge < -0.3 is 20.5 Å². The first kappa shape index (κ1) is 22.8. The van der Waals surface area contributed by atoms with Crippen LogP contribution in [0.1, 0.15) is 57.1 Å². The number of carboxylic acid groups (broad SMARTS) is 1. The fraction of sp³-hybridized carbons (Fsp3) is 0.423. The lowest BCUT2D eigenvalue weighted by Crippen LogP contribution is -2.66. The number of carbonyl (C=O) groups excluding carboxylic acids is 2. The first-order valence-electron chi connectivity index (χ1n) is 11.3. The number of benzene rings is 2. The molecule has 2 amide bonds. The zero-order valence-electron chi connectivity index (χ0n) is 19.2. The lowest BCUT2D eigenvalue weighted by Gasteiger charge is -2.42.